The van der Waals surface area contributed by atoms with E-state index >= 15 is 0 Å². The molecule has 1 aromatic heterocycles. The summed E-state index contributed by atoms with van der Waals surface area (Å²) in [6, 6.07) is 7.98. The van der Waals surface area contributed by atoms with E-state index in [-0.39, 0.29) is 0 Å². The SMILES string of the molecule is COc1ccc(-c2csc(N/N=C3\C[C@]4(C)CC[C@H]3C4(C)C)n2)cc1. The van der Waals surface area contributed by atoms with Gasteiger partial charge in [0.05, 0.1) is 12.8 Å². The maximum absolute atomic E-state index is 5.21. The number of hydrogen-bond acceptors (Lipinski definition) is 5. The third kappa shape index (κ3) is 2.65. The van der Waals surface area contributed by atoms with Crippen molar-refractivity contribution in [1.29, 1.82) is 0 Å². The summed E-state index contributed by atoms with van der Waals surface area (Å²) in [6.45, 7) is 7.22. The molecule has 4 rings (SSSR count). The van der Waals surface area contributed by atoms with Gasteiger partial charge in [0, 0.05) is 22.6 Å². The van der Waals surface area contributed by atoms with Crippen LogP contribution in [0.1, 0.15) is 40.0 Å². The number of hydrazone groups is 1. The third-order valence-corrected chi connectivity index (χ3v) is 7.32. The average Bonchev–Trinajstić information content (AvgIpc) is 3.22. The maximum atomic E-state index is 5.21. The van der Waals surface area contributed by atoms with Gasteiger partial charge in [-0.1, -0.05) is 20.8 Å². The van der Waals surface area contributed by atoms with Crippen LogP contribution in [0.2, 0.25) is 0 Å². The lowest BCUT2D eigenvalue weighted by molar-refractivity contribution is 0.152. The minimum Gasteiger partial charge on any atom is -0.497 e. The normalized spacial score (nSPS) is 28.5. The second kappa shape index (κ2) is 5.84. The van der Waals surface area contributed by atoms with Gasteiger partial charge < -0.3 is 4.74 Å². The molecule has 2 aliphatic carbocycles. The number of ether oxygens (including phenoxy) is 1. The molecule has 2 aliphatic rings. The molecular weight excluding hydrogens is 330 g/mol. The van der Waals surface area contributed by atoms with Crippen LogP contribution in [0.3, 0.4) is 0 Å². The molecule has 0 aliphatic heterocycles. The second-order valence-electron chi connectivity index (χ2n) is 8.03. The summed E-state index contributed by atoms with van der Waals surface area (Å²) in [5, 5.41) is 7.66. The number of benzene rings is 1. The smallest absolute Gasteiger partial charge is 0.203 e. The fourth-order valence-electron chi connectivity index (χ4n) is 4.45. The number of nitrogens with zero attached hydrogens (tertiary/aromatic N) is 2. The van der Waals surface area contributed by atoms with Crippen LogP contribution in [0.5, 0.6) is 5.75 Å². The van der Waals surface area contributed by atoms with Gasteiger partial charge in [0.2, 0.25) is 5.13 Å². The number of nitrogens with one attached hydrogen (secondary N) is 1. The molecule has 0 saturated heterocycles. The predicted octanol–water partition coefficient (Wildman–Crippen LogP) is 5.43. The van der Waals surface area contributed by atoms with Crippen LogP contribution >= 0.6 is 11.3 Å². The summed E-state index contributed by atoms with van der Waals surface area (Å²) in [5.74, 6) is 1.46. The molecule has 1 N–H and O–H groups in total. The van der Waals surface area contributed by atoms with Crippen molar-refractivity contribution in [3.05, 3.63) is 29.6 Å². The Hall–Kier alpha value is -1.88. The van der Waals surface area contributed by atoms with Gasteiger partial charge in [-0.15, -0.1) is 11.3 Å². The lowest BCUT2D eigenvalue weighted by Gasteiger charge is -2.33. The van der Waals surface area contributed by atoms with Gasteiger partial charge in [0.25, 0.3) is 0 Å². The molecule has 0 spiro atoms. The highest BCUT2D eigenvalue weighted by molar-refractivity contribution is 7.14. The highest BCUT2D eigenvalue weighted by Gasteiger charge is 2.59. The van der Waals surface area contributed by atoms with Gasteiger partial charge in [-0.05, 0) is 54.4 Å². The summed E-state index contributed by atoms with van der Waals surface area (Å²) in [4.78, 5) is 4.67. The summed E-state index contributed by atoms with van der Waals surface area (Å²) >= 11 is 1.60. The number of thiazole rings is 1. The van der Waals surface area contributed by atoms with E-state index in [1.807, 2.05) is 24.3 Å². The largest absolute Gasteiger partial charge is 0.497 e. The van der Waals surface area contributed by atoms with E-state index in [0.717, 1.165) is 28.6 Å². The van der Waals surface area contributed by atoms with E-state index in [1.165, 1.54) is 18.6 Å². The van der Waals surface area contributed by atoms with Crippen molar-refractivity contribution < 1.29 is 4.74 Å². The van der Waals surface area contributed by atoms with Gasteiger partial charge >= 0.3 is 0 Å². The minimum atomic E-state index is 0.352. The standard InChI is InChI=1S/C20H25N3OS/c1-19(2)15-9-10-20(19,3)11-16(15)22-23-18-21-17(12-25-18)13-5-7-14(24-4)8-6-13/h5-8,12,15H,9-11H2,1-4H3,(H,21,23)/b22-16+/t15-,20+/m1/s1. The van der Waals surface area contributed by atoms with Crippen molar-refractivity contribution in [2.24, 2.45) is 21.8 Å². The van der Waals surface area contributed by atoms with Crippen molar-refractivity contribution in [1.82, 2.24) is 4.98 Å². The van der Waals surface area contributed by atoms with Crippen LogP contribution in [0.4, 0.5) is 5.13 Å². The van der Waals surface area contributed by atoms with Crippen LogP contribution in [-0.2, 0) is 0 Å². The van der Waals surface area contributed by atoms with E-state index in [9.17, 15) is 0 Å². The van der Waals surface area contributed by atoms with E-state index in [0.29, 0.717) is 16.7 Å². The van der Waals surface area contributed by atoms with E-state index in [1.54, 1.807) is 18.4 Å². The van der Waals surface area contributed by atoms with Gasteiger partial charge in [0.1, 0.15) is 5.75 Å². The van der Waals surface area contributed by atoms with Crippen molar-refractivity contribution in [2.75, 3.05) is 12.5 Å². The Kier molecular flexibility index (Phi) is 3.87. The first kappa shape index (κ1) is 16.6. The molecule has 132 valence electrons. The second-order valence-corrected chi connectivity index (χ2v) is 8.89. The van der Waals surface area contributed by atoms with Crippen LogP contribution < -0.4 is 10.2 Å². The predicted molar refractivity (Wildman–Crippen MR) is 104 cm³/mol. The highest BCUT2D eigenvalue weighted by Crippen LogP contribution is 2.64. The Balaban J connectivity index is 1.49. The Labute approximate surface area is 153 Å². The van der Waals surface area contributed by atoms with Gasteiger partial charge in [-0.3, -0.25) is 5.43 Å². The lowest BCUT2D eigenvalue weighted by Crippen LogP contribution is -2.26. The van der Waals surface area contributed by atoms with Gasteiger partial charge in [0.15, 0.2) is 0 Å². The molecule has 0 radical (unpaired) electrons. The van der Waals surface area contributed by atoms with E-state index in [2.05, 4.69) is 36.6 Å². The van der Waals surface area contributed by atoms with Gasteiger partial charge in [-0.2, -0.15) is 5.10 Å². The molecule has 0 unspecified atom stereocenters. The first-order valence-electron chi connectivity index (χ1n) is 8.85. The number of aromatic nitrogens is 1. The molecule has 2 bridgehead atoms. The fourth-order valence-corrected chi connectivity index (χ4v) is 5.11. The van der Waals surface area contributed by atoms with Crippen LogP contribution in [-0.4, -0.2) is 17.8 Å². The van der Waals surface area contributed by atoms with Crippen LogP contribution in [0.15, 0.2) is 34.7 Å². The zero-order valence-electron chi connectivity index (χ0n) is 15.3. The van der Waals surface area contributed by atoms with Crippen molar-refractivity contribution >= 4 is 22.2 Å². The molecule has 2 fully saturated rings. The zero-order chi connectivity index (χ0) is 17.7. The lowest BCUT2D eigenvalue weighted by atomic mass is 9.71. The number of fused-ring (bicyclic) bond motifs is 2. The maximum Gasteiger partial charge on any atom is 0.203 e. The molecule has 25 heavy (non-hydrogen) atoms. The fraction of sp³-hybridized carbons (Fsp3) is 0.500. The topological polar surface area (TPSA) is 46.5 Å². The van der Waals surface area contributed by atoms with E-state index in [4.69, 9.17) is 9.84 Å². The van der Waals surface area contributed by atoms with Crippen LogP contribution in [0, 0.1) is 16.7 Å². The third-order valence-electron chi connectivity index (χ3n) is 6.57. The van der Waals surface area contributed by atoms with Crippen molar-refractivity contribution in [2.45, 2.75) is 40.0 Å². The van der Waals surface area contributed by atoms with E-state index < -0.39 is 0 Å². The van der Waals surface area contributed by atoms with Crippen molar-refractivity contribution in [3.8, 4) is 17.0 Å². The first-order valence-corrected chi connectivity index (χ1v) is 9.73. The molecule has 0 amide bonds. The number of rotatable bonds is 4. The monoisotopic (exact) mass is 355 g/mol. The quantitative estimate of drug-likeness (QED) is 0.744. The summed E-state index contributed by atoms with van der Waals surface area (Å²) < 4.78 is 5.21. The summed E-state index contributed by atoms with van der Waals surface area (Å²) in [7, 11) is 1.68. The molecular formula is C20H25N3OS. The molecule has 1 heterocycles. The Morgan fingerprint density at radius 3 is 2.60 bits per heavy atom. The molecule has 2 atom stereocenters. The Morgan fingerprint density at radius 2 is 2.00 bits per heavy atom. The number of hydrogen-bond donors (Lipinski definition) is 1. The highest BCUT2D eigenvalue weighted by atomic mass is 32.1. The molecule has 1 aromatic carbocycles. The molecule has 2 saturated carbocycles. The molecule has 4 nitrogen and oxygen atoms in total. The van der Waals surface area contributed by atoms with Crippen LogP contribution in [0.25, 0.3) is 11.3 Å². The first-order chi connectivity index (χ1) is 11.9. The molecule has 2 aromatic rings. The van der Waals surface area contributed by atoms with Gasteiger partial charge in [-0.25, -0.2) is 4.98 Å². The minimum absolute atomic E-state index is 0.352. The van der Waals surface area contributed by atoms with Crippen molar-refractivity contribution in [3.63, 3.8) is 0 Å². The summed E-state index contributed by atoms with van der Waals surface area (Å²) in [6.07, 6.45) is 3.69. The number of methoxy groups -OCH3 is 1. The Bertz CT molecular complexity index is 806. The summed E-state index contributed by atoms with van der Waals surface area (Å²) in [5.41, 5.74) is 7.34. The Morgan fingerprint density at radius 1 is 1.24 bits per heavy atom. The number of anilines is 1. The average molecular weight is 356 g/mol. The molecule has 5 heteroatoms. The zero-order valence-corrected chi connectivity index (χ0v) is 16.1.